The average molecular weight is 350 g/mol. The zero-order valence-electron chi connectivity index (χ0n) is 13.9. The molecule has 1 atom stereocenters. The number of benzene rings is 2. The molecule has 0 bridgehead atoms. The fraction of sp³-hybridized carbons (Fsp3) is 0.150. The summed E-state index contributed by atoms with van der Waals surface area (Å²) in [7, 11) is 0. The van der Waals surface area contributed by atoms with Gasteiger partial charge >= 0.3 is 5.97 Å². The first-order valence-corrected chi connectivity index (χ1v) is 8.16. The standard InChI is InChI=1S/C20H18N2O4/c23-17(11-12-18(24)25)21-22-19(26)16-13-20(16,14-7-3-1-4-8-14)15-9-5-2-6-10-15/h1-12,16H,13H2,(H,21,23)(H,22,26)(H,24,25)/b12-11+. The smallest absolute Gasteiger partial charge is 0.328 e. The van der Waals surface area contributed by atoms with E-state index < -0.39 is 17.3 Å². The van der Waals surface area contributed by atoms with Crippen LogP contribution in [0, 0.1) is 5.92 Å². The molecule has 1 aliphatic rings. The lowest BCUT2D eigenvalue weighted by molar-refractivity contribution is -0.131. The van der Waals surface area contributed by atoms with Crippen molar-refractivity contribution in [2.45, 2.75) is 11.8 Å². The number of carboxylic acid groups (broad SMARTS) is 1. The molecule has 132 valence electrons. The molecule has 0 spiro atoms. The quantitative estimate of drug-likeness (QED) is 0.566. The Morgan fingerprint density at radius 3 is 1.92 bits per heavy atom. The topological polar surface area (TPSA) is 95.5 Å². The molecule has 2 aromatic carbocycles. The number of hydrogen-bond acceptors (Lipinski definition) is 3. The van der Waals surface area contributed by atoms with E-state index in [1.54, 1.807) is 0 Å². The van der Waals surface area contributed by atoms with Crippen LogP contribution in [0.3, 0.4) is 0 Å². The predicted octanol–water partition coefficient (Wildman–Crippen LogP) is 1.78. The molecule has 0 aliphatic heterocycles. The molecule has 6 nitrogen and oxygen atoms in total. The molecular weight excluding hydrogens is 332 g/mol. The van der Waals surface area contributed by atoms with E-state index in [2.05, 4.69) is 10.9 Å². The number of amides is 2. The van der Waals surface area contributed by atoms with Crippen molar-refractivity contribution >= 4 is 17.8 Å². The van der Waals surface area contributed by atoms with Crippen LogP contribution in [0.25, 0.3) is 0 Å². The van der Waals surface area contributed by atoms with Crippen molar-refractivity contribution in [3.8, 4) is 0 Å². The van der Waals surface area contributed by atoms with E-state index in [4.69, 9.17) is 5.11 Å². The fourth-order valence-electron chi connectivity index (χ4n) is 3.25. The van der Waals surface area contributed by atoms with Gasteiger partial charge in [0.05, 0.1) is 5.92 Å². The lowest BCUT2D eigenvalue weighted by Gasteiger charge is -2.19. The normalized spacial score (nSPS) is 17.5. The highest BCUT2D eigenvalue weighted by Gasteiger charge is 2.60. The molecule has 3 rings (SSSR count). The van der Waals surface area contributed by atoms with Gasteiger partial charge in [0.25, 0.3) is 5.91 Å². The van der Waals surface area contributed by atoms with E-state index >= 15 is 0 Å². The Hall–Kier alpha value is -3.41. The summed E-state index contributed by atoms with van der Waals surface area (Å²) >= 11 is 0. The van der Waals surface area contributed by atoms with Gasteiger partial charge < -0.3 is 5.11 Å². The molecule has 2 aromatic rings. The van der Waals surface area contributed by atoms with Gasteiger partial charge in [-0.15, -0.1) is 0 Å². The molecule has 0 aromatic heterocycles. The molecule has 2 amide bonds. The van der Waals surface area contributed by atoms with Crippen LogP contribution in [0.2, 0.25) is 0 Å². The minimum Gasteiger partial charge on any atom is -0.478 e. The summed E-state index contributed by atoms with van der Waals surface area (Å²) in [5.74, 6) is -2.57. The number of nitrogens with one attached hydrogen (secondary N) is 2. The van der Waals surface area contributed by atoms with E-state index in [9.17, 15) is 14.4 Å². The first kappa shape index (κ1) is 17.4. The number of carbonyl (C=O) groups is 3. The van der Waals surface area contributed by atoms with Gasteiger partial charge in [-0.05, 0) is 17.5 Å². The number of carboxylic acids is 1. The highest BCUT2D eigenvalue weighted by Crippen LogP contribution is 2.58. The molecule has 3 N–H and O–H groups in total. The monoisotopic (exact) mass is 350 g/mol. The minimum absolute atomic E-state index is 0.310. The Morgan fingerprint density at radius 1 is 0.885 bits per heavy atom. The molecule has 26 heavy (non-hydrogen) atoms. The third-order valence-corrected chi connectivity index (χ3v) is 4.54. The maximum absolute atomic E-state index is 12.5. The Labute approximate surface area is 150 Å². The molecule has 1 aliphatic carbocycles. The second-order valence-corrected chi connectivity index (χ2v) is 6.11. The van der Waals surface area contributed by atoms with Gasteiger partial charge in [0.2, 0.25) is 5.91 Å². The fourth-order valence-corrected chi connectivity index (χ4v) is 3.25. The van der Waals surface area contributed by atoms with E-state index in [0.717, 1.165) is 17.2 Å². The Balaban J connectivity index is 1.75. The van der Waals surface area contributed by atoms with E-state index in [0.29, 0.717) is 12.5 Å². The van der Waals surface area contributed by atoms with Crippen molar-refractivity contribution < 1.29 is 19.5 Å². The largest absolute Gasteiger partial charge is 0.478 e. The zero-order chi connectivity index (χ0) is 18.6. The van der Waals surface area contributed by atoms with Gasteiger partial charge in [0, 0.05) is 17.6 Å². The molecule has 6 heteroatoms. The highest BCUT2D eigenvalue weighted by atomic mass is 16.4. The summed E-state index contributed by atoms with van der Waals surface area (Å²) in [5, 5.41) is 8.50. The van der Waals surface area contributed by atoms with Crippen molar-refractivity contribution in [3.63, 3.8) is 0 Å². The van der Waals surface area contributed by atoms with Crippen LogP contribution in [0.1, 0.15) is 17.5 Å². The van der Waals surface area contributed by atoms with Crippen molar-refractivity contribution in [1.29, 1.82) is 0 Å². The average Bonchev–Trinajstić information content (AvgIpc) is 3.43. The van der Waals surface area contributed by atoms with Crippen LogP contribution in [0.5, 0.6) is 0 Å². The van der Waals surface area contributed by atoms with Crippen molar-refractivity contribution in [1.82, 2.24) is 10.9 Å². The van der Waals surface area contributed by atoms with Gasteiger partial charge in [0.1, 0.15) is 0 Å². The molecule has 0 heterocycles. The summed E-state index contributed by atoms with van der Waals surface area (Å²) in [6.45, 7) is 0. The number of hydrogen-bond donors (Lipinski definition) is 3. The van der Waals surface area contributed by atoms with Gasteiger partial charge in [0.15, 0.2) is 0 Å². The van der Waals surface area contributed by atoms with Gasteiger partial charge in [-0.1, -0.05) is 60.7 Å². The predicted molar refractivity (Wildman–Crippen MR) is 94.8 cm³/mol. The van der Waals surface area contributed by atoms with E-state index in [1.807, 2.05) is 60.7 Å². The second kappa shape index (κ2) is 7.23. The van der Waals surface area contributed by atoms with Crippen LogP contribution < -0.4 is 10.9 Å². The van der Waals surface area contributed by atoms with Crippen molar-refractivity contribution in [3.05, 3.63) is 83.9 Å². The summed E-state index contributed by atoms with van der Waals surface area (Å²) in [6.07, 6.45) is 2.18. The van der Waals surface area contributed by atoms with Gasteiger partial charge in [-0.2, -0.15) is 0 Å². The SMILES string of the molecule is O=C(O)/C=C/C(=O)NNC(=O)C1CC1(c1ccccc1)c1ccccc1. The summed E-state index contributed by atoms with van der Waals surface area (Å²) < 4.78 is 0. The molecule has 0 saturated heterocycles. The Bertz CT molecular complexity index is 807. The Kier molecular flexibility index (Phi) is 4.84. The second-order valence-electron chi connectivity index (χ2n) is 6.11. The maximum Gasteiger partial charge on any atom is 0.328 e. The molecule has 1 fully saturated rings. The van der Waals surface area contributed by atoms with Crippen LogP contribution in [-0.4, -0.2) is 22.9 Å². The number of rotatable bonds is 5. The zero-order valence-corrected chi connectivity index (χ0v) is 13.9. The summed E-state index contributed by atoms with van der Waals surface area (Å²) in [5.41, 5.74) is 6.26. The summed E-state index contributed by atoms with van der Waals surface area (Å²) in [6, 6.07) is 19.6. The number of aliphatic carboxylic acids is 1. The molecule has 1 unspecified atom stereocenters. The lowest BCUT2D eigenvalue weighted by Crippen LogP contribution is -2.42. The van der Waals surface area contributed by atoms with Crippen LogP contribution in [0.4, 0.5) is 0 Å². The minimum atomic E-state index is -1.24. The van der Waals surface area contributed by atoms with Crippen molar-refractivity contribution in [2.24, 2.45) is 5.92 Å². The van der Waals surface area contributed by atoms with Crippen LogP contribution >= 0.6 is 0 Å². The highest BCUT2D eigenvalue weighted by molar-refractivity contribution is 5.95. The lowest BCUT2D eigenvalue weighted by atomic mass is 9.85. The Morgan fingerprint density at radius 2 is 1.42 bits per heavy atom. The molecule has 0 radical (unpaired) electrons. The third-order valence-electron chi connectivity index (χ3n) is 4.54. The van der Waals surface area contributed by atoms with Gasteiger partial charge in [-0.3, -0.25) is 20.4 Å². The van der Waals surface area contributed by atoms with Crippen LogP contribution in [0.15, 0.2) is 72.8 Å². The first-order chi connectivity index (χ1) is 12.5. The number of carbonyl (C=O) groups excluding carboxylic acids is 2. The maximum atomic E-state index is 12.5. The third kappa shape index (κ3) is 3.49. The molecule has 1 saturated carbocycles. The van der Waals surface area contributed by atoms with E-state index in [-0.39, 0.29) is 11.8 Å². The number of hydrazine groups is 1. The first-order valence-electron chi connectivity index (χ1n) is 8.16. The van der Waals surface area contributed by atoms with Crippen molar-refractivity contribution in [2.75, 3.05) is 0 Å². The van der Waals surface area contributed by atoms with E-state index in [1.165, 1.54) is 0 Å². The summed E-state index contributed by atoms with van der Waals surface area (Å²) in [4.78, 5) is 34.5. The molecular formula is C20H18N2O4. The van der Waals surface area contributed by atoms with Crippen LogP contribution in [-0.2, 0) is 19.8 Å². The van der Waals surface area contributed by atoms with Gasteiger partial charge in [-0.25, -0.2) is 4.79 Å².